The fraction of sp³-hybridized carbons (Fsp3) is 0.318. The second-order valence-electron chi connectivity index (χ2n) is 6.66. The summed E-state index contributed by atoms with van der Waals surface area (Å²) in [6, 6.07) is 8.22. The van der Waals surface area contributed by atoms with Gasteiger partial charge in [0.05, 0.1) is 5.56 Å². The molecule has 1 unspecified atom stereocenters. The minimum absolute atomic E-state index is 0.273. The maximum atomic E-state index is 12.8. The number of likely N-dealkylation sites (N-methyl/N-ethyl adjacent to an activating group) is 2. The highest BCUT2D eigenvalue weighted by Crippen LogP contribution is 2.19. The molecule has 2 amide bonds. The Balaban J connectivity index is 2.20. The first kappa shape index (κ1) is 22.9. The number of benzene rings is 1. The Kier molecular flexibility index (Phi) is 7.53. The molecule has 1 heterocycles. The Morgan fingerprint density at radius 2 is 1.83 bits per heavy atom. The van der Waals surface area contributed by atoms with E-state index in [9.17, 15) is 19.5 Å². The number of aliphatic hydroxyl groups excluding tert-OH is 1. The van der Waals surface area contributed by atoms with Crippen LogP contribution >= 0.6 is 0 Å². The summed E-state index contributed by atoms with van der Waals surface area (Å²) >= 11 is 0. The SMILES string of the molecule is CNC(=O)C(C)(C(=O)CO)N(C)C(=O)c1ccc(C#Cc2coc(COC)c2)cc1. The number of hydrogen-bond donors (Lipinski definition) is 2. The molecule has 0 spiro atoms. The van der Waals surface area contributed by atoms with E-state index in [0.29, 0.717) is 23.5 Å². The third-order valence-electron chi connectivity index (χ3n) is 4.75. The number of amides is 2. The van der Waals surface area contributed by atoms with Crippen LogP contribution in [0.4, 0.5) is 0 Å². The van der Waals surface area contributed by atoms with Gasteiger partial charge >= 0.3 is 0 Å². The molecule has 0 fully saturated rings. The van der Waals surface area contributed by atoms with Crippen LogP contribution in [0.1, 0.15) is 34.2 Å². The number of rotatable bonds is 7. The van der Waals surface area contributed by atoms with Crippen LogP contribution in [0, 0.1) is 11.8 Å². The van der Waals surface area contributed by atoms with Gasteiger partial charge in [0, 0.05) is 32.3 Å². The first-order valence-corrected chi connectivity index (χ1v) is 9.10. The molecule has 0 bridgehead atoms. The molecule has 1 aromatic carbocycles. The Hall–Kier alpha value is -3.41. The number of Topliss-reactive ketones (excluding diaryl/α,β-unsaturated/α-hetero) is 1. The molecule has 0 aliphatic rings. The molecular formula is C22H24N2O6. The average Bonchev–Trinajstić information content (AvgIpc) is 3.22. The van der Waals surface area contributed by atoms with Crippen molar-refractivity contribution in [2.24, 2.45) is 0 Å². The summed E-state index contributed by atoms with van der Waals surface area (Å²) in [5.74, 6) is 4.59. The molecule has 0 aliphatic carbocycles. The van der Waals surface area contributed by atoms with Crippen molar-refractivity contribution in [3.8, 4) is 11.8 Å². The van der Waals surface area contributed by atoms with Crippen molar-refractivity contribution in [2.75, 3.05) is 27.8 Å². The molecular weight excluding hydrogens is 388 g/mol. The van der Waals surface area contributed by atoms with E-state index in [1.54, 1.807) is 37.4 Å². The van der Waals surface area contributed by atoms with Crippen LogP contribution in [-0.2, 0) is 20.9 Å². The summed E-state index contributed by atoms with van der Waals surface area (Å²) in [4.78, 5) is 38.3. The van der Waals surface area contributed by atoms with Gasteiger partial charge in [-0.2, -0.15) is 0 Å². The highest BCUT2D eigenvalue weighted by Gasteiger charge is 2.46. The molecule has 1 aromatic heterocycles. The van der Waals surface area contributed by atoms with Crippen LogP contribution in [0.25, 0.3) is 0 Å². The Morgan fingerprint density at radius 1 is 1.20 bits per heavy atom. The molecule has 158 valence electrons. The van der Waals surface area contributed by atoms with Gasteiger partial charge in [0.25, 0.3) is 11.8 Å². The van der Waals surface area contributed by atoms with Crippen LogP contribution < -0.4 is 5.32 Å². The number of carbonyl (C=O) groups excluding carboxylic acids is 3. The van der Waals surface area contributed by atoms with E-state index in [2.05, 4.69) is 17.2 Å². The predicted molar refractivity (Wildman–Crippen MR) is 109 cm³/mol. The van der Waals surface area contributed by atoms with Gasteiger partial charge in [-0.1, -0.05) is 11.8 Å². The lowest BCUT2D eigenvalue weighted by Gasteiger charge is -2.35. The highest BCUT2D eigenvalue weighted by atomic mass is 16.5. The van der Waals surface area contributed by atoms with E-state index >= 15 is 0 Å². The van der Waals surface area contributed by atoms with Crippen LogP contribution in [0.2, 0.25) is 0 Å². The molecule has 2 rings (SSSR count). The Labute approximate surface area is 174 Å². The first-order chi connectivity index (χ1) is 14.3. The van der Waals surface area contributed by atoms with Gasteiger partial charge in [-0.15, -0.1) is 0 Å². The van der Waals surface area contributed by atoms with Gasteiger partial charge in [0.15, 0.2) is 11.3 Å². The van der Waals surface area contributed by atoms with Crippen molar-refractivity contribution >= 4 is 17.6 Å². The van der Waals surface area contributed by atoms with Gasteiger partial charge in [0.1, 0.15) is 25.2 Å². The summed E-state index contributed by atoms with van der Waals surface area (Å²) < 4.78 is 10.3. The lowest BCUT2D eigenvalue weighted by Crippen LogP contribution is -2.62. The van der Waals surface area contributed by atoms with Crippen molar-refractivity contribution in [1.29, 1.82) is 0 Å². The first-order valence-electron chi connectivity index (χ1n) is 9.10. The molecule has 2 aromatic rings. The average molecular weight is 412 g/mol. The zero-order valence-corrected chi connectivity index (χ0v) is 17.3. The number of nitrogens with one attached hydrogen (secondary N) is 1. The summed E-state index contributed by atoms with van der Waals surface area (Å²) in [6.07, 6.45) is 1.53. The van der Waals surface area contributed by atoms with E-state index in [0.717, 1.165) is 4.90 Å². The summed E-state index contributed by atoms with van der Waals surface area (Å²) in [6.45, 7) is 0.792. The highest BCUT2D eigenvalue weighted by molar-refractivity contribution is 6.14. The summed E-state index contributed by atoms with van der Waals surface area (Å²) in [7, 11) is 4.27. The van der Waals surface area contributed by atoms with Crippen molar-refractivity contribution in [3.05, 3.63) is 59.0 Å². The van der Waals surface area contributed by atoms with E-state index < -0.39 is 29.7 Å². The smallest absolute Gasteiger partial charge is 0.254 e. The lowest BCUT2D eigenvalue weighted by atomic mass is 9.92. The minimum atomic E-state index is -1.83. The Bertz CT molecular complexity index is 965. The topological polar surface area (TPSA) is 109 Å². The van der Waals surface area contributed by atoms with Crippen molar-refractivity contribution in [1.82, 2.24) is 10.2 Å². The number of aliphatic hydroxyl groups is 1. The molecule has 30 heavy (non-hydrogen) atoms. The third-order valence-corrected chi connectivity index (χ3v) is 4.75. The van der Waals surface area contributed by atoms with Crippen LogP contribution in [0.3, 0.4) is 0 Å². The monoisotopic (exact) mass is 412 g/mol. The number of ketones is 1. The van der Waals surface area contributed by atoms with Gasteiger partial charge in [0.2, 0.25) is 0 Å². The predicted octanol–water partition coefficient (Wildman–Crippen LogP) is 0.964. The summed E-state index contributed by atoms with van der Waals surface area (Å²) in [5.41, 5.74) is -0.190. The second-order valence-corrected chi connectivity index (χ2v) is 6.66. The van der Waals surface area contributed by atoms with E-state index in [1.165, 1.54) is 27.3 Å². The van der Waals surface area contributed by atoms with E-state index in [4.69, 9.17) is 9.15 Å². The quantitative estimate of drug-likeness (QED) is 0.518. The fourth-order valence-electron chi connectivity index (χ4n) is 2.76. The zero-order chi connectivity index (χ0) is 22.3. The lowest BCUT2D eigenvalue weighted by molar-refractivity contribution is -0.143. The van der Waals surface area contributed by atoms with Gasteiger partial charge in [-0.25, -0.2) is 0 Å². The normalized spacial score (nSPS) is 12.3. The Morgan fingerprint density at radius 3 is 2.40 bits per heavy atom. The molecule has 8 nitrogen and oxygen atoms in total. The number of ether oxygens (including phenoxy) is 1. The zero-order valence-electron chi connectivity index (χ0n) is 17.3. The van der Waals surface area contributed by atoms with E-state index in [-0.39, 0.29) is 5.56 Å². The number of nitrogens with zero attached hydrogens (tertiary/aromatic N) is 1. The molecule has 8 heteroatoms. The number of hydrogen-bond acceptors (Lipinski definition) is 6. The molecule has 0 saturated carbocycles. The molecule has 0 radical (unpaired) electrons. The van der Waals surface area contributed by atoms with Gasteiger partial charge in [-0.3, -0.25) is 14.4 Å². The van der Waals surface area contributed by atoms with Crippen molar-refractivity contribution in [3.63, 3.8) is 0 Å². The minimum Gasteiger partial charge on any atom is -0.466 e. The number of carbonyl (C=O) groups is 3. The van der Waals surface area contributed by atoms with Crippen LogP contribution in [-0.4, -0.2) is 61.0 Å². The van der Waals surface area contributed by atoms with Crippen LogP contribution in [0.15, 0.2) is 41.0 Å². The second kappa shape index (κ2) is 9.87. The van der Waals surface area contributed by atoms with Crippen molar-refractivity contribution < 1.29 is 28.6 Å². The molecule has 0 saturated heterocycles. The fourth-order valence-corrected chi connectivity index (χ4v) is 2.76. The van der Waals surface area contributed by atoms with E-state index in [1.807, 2.05) is 0 Å². The largest absolute Gasteiger partial charge is 0.466 e. The maximum Gasteiger partial charge on any atom is 0.254 e. The molecule has 0 aliphatic heterocycles. The van der Waals surface area contributed by atoms with Crippen molar-refractivity contribution in [2.45, 2.75) is 19.1 Å². The summed E-state index contributed by atoms with van der Waals surface area (Å²) in [5, 5.41) is 11.6. The van der Waals surface area contributed by atoms with Crippen LogP contribution in [0.5, 0.6) is 0 Å². The number of furan rings is 1. The third kappa shape index (κ3) is 4.76. The number of methoxy groups -OCH3 is 1. The molecule has 2 N–H and O–H groups in total. The van der Waals surface area contributed by atoms with Gasteiger partial charge < -0.3 is 24.5 Å². The molecule has 1 atom stereocenters. The maximum absolute atomic E-state index is 12.8. The van der Waals surface area contributed by atoms with Gasteiger partial charge in [-0.05, 0) is 37.3 Å². The standard InChI is InChI=1S/C22H24N2O6/c1-22(19(26)12-25,21(28)23-2)24(3)20(27)17-9-7-15(8-10-17)5-6-16-11-18(14-29-4)30-13-16/h7-11,13,25H,12,14H2,1-4H3,(H,23,28).